The smallest absolute Gasteiger partial charge is 0.116 e. The highest BCUT2D eigenvalue weighted by atomic mass is 16.3. The van der Waals surface area contributed by atoms with Crippen LogP contribution in [0.5, 0.6) is 5.75 Å². The topological polar surface area (TPSA) is 64.2 Å². The first-order valence-corrected chi connectivity index (χ1v) is 5.70. The van der Waals surface area contributed by atoms with E-state index in [9.17, 15) is 5.11 Å². The van der Waals surface area contributed by atoms with E-state index in [1.165, 1.54) is 0 Å². The molecule has 92 valence electrons. The second-order valence-electron chi connectivity index (χ2n) is 4.24. The fraction of sp³-hybridized carbons (Fsp3) is 0.417. The number of likely N-dealkylation sites (N-methyl/N-ethyl adjacent to an activating group) is 2. The first-order chi connectivity index (χ1) is 8.20. The van der Waals surface area contributed by atoms with Crippen molar-refractivity contribution in [3.63, 3.8) is 0 Å². The number of hydrogen-bond acceptors (Lipinski definition) is 4. The Morgan fingerprint density at radius 1 is 1.47 bits per heavy atom. The summed E-state index contributed by atoms with van der Waals surface area (Å²) in [4.78, 5) is 2.19. The molecule has 0 bridgehead atoms. The Labute approximate surface area is 100 Å². The van der Waals surface area contributed by atoms with E-state index in [0.29, 0.717) is 0 Å². The number of nitrogens with zero attached hydrogens (tertiary/aromatic N) is 2. The van der Waals surface area contributed by atoms with Crippen molar-refractivity contribution in [2.45, 2.75) is 6.54 Å². The predicted molar refractivity (Wildman–Crippen MR) is 68.0 cm³/mol. The lowest BCUT2D eigenvalue weighted by molar-refractivity contribution is 0.325. The van der Waals surface area contributed by atoms with E-state index >= 15 is 0 Å². The van der Waals surface area contributed by atoms with Crippen molar-refractivity contribution in [1.29, 1.82) is 0 Å². The molecule has 1 aromatic heterocycles. The molecule has 2 rings (SSSR count). The Balaban J connectivity index is 2.15. The molecular weight excluding hydrogens is 216 g/mol. The van der Waals surface area contributed by atoms with E-state index in [2.05, 4.69) is 27.5 Å². The van der Waals surface area contributed by atoms with Crippen LogP contribution in [0.3, 0.4) is 0 Å². The average molecular weight is 234 g/mol. The van der Waals surface area contributed by atoms with Gasteiger partial charge in [-0.05, 0) is 32.3 Å². The second kappa shape index (κ2) is 5.16. The summed E-state index contributed by atoms with van der Waals surface area (Å²) in [6.45, 7) is 2.68. The van der Waals surface area contributed by atoms with Crippen LogP contribution < -0.4 is 5.32 Å². The molecule has 2 aromatic rings. The largest absolute Gasteiger partial charge is 0.508 e. The number of fused-ring (bicyclic) bond motifs is 1. The highest BCUT2D eigenvalue weighted by Crippen LogP contribution is 2.21. The number of hydrogen-bond donors (Lipinski definition) is 3. The second-order valence-corrected chi connectivity index (χ2v) is 4.24. The van der Waals surface area contributed by atoms with Crippen LogP contribution in [0.25, 0.3) is 10.9 Å². The summed E-state index contributed by atoms with van der Waals surface area (Å²) in [6, 6.07) is 5.25. The lowest BCUT2D eigenvalue weighted by atomic mass is 10.2. The number of aromatic hydroxyl groups is 1. The SMILES string of the molecule is CNCCN(C)Cc1n[nH]c2ccc(O)cc12. The maximum atomic E-state index is 9.48. The van der Waals surface area contributed by atoms with Gasteiger partial charge in [-0.1, -0.05) is 0 Å². The molecule has 0 spiro atoms. The highest BCUT2D eigenvalue weighted by Gasteiger charge is 2.08. The fourth-order valence-electron chi connectivity index (χ4n) is 1.81. The molecule has 0 amide bonds. The average Bonchev–Trinajstić information content (AvgIpc) is 2.69. The molecule has 0 aliphatic carbocycles. The lowest BCUT2D eigenvalue weighted by Crippen LogP contribution is -2.27. The lowest BCUT2D eigenvalue weighted by Gasteiger charge is -2.14. The molecule has 5 heteroatoms. The number of aromatic nitrogens is 2. The Morgan fingerprint density at radius 2 is 2.29 bits per heavy atom. The molecule has 0 radical (unpaired) electrons. The number of nitrogens with one attached hydrogen (secondary N) is 2. The van der Waals surface area contributed by atoms with E-state index in [-0.39, 0.29) is 5.75 Å². The van der Waals surface area contributed by atoms with Gasteiger partial charge in [-0.15, -0.1) is 0 Å². The van der Waals surface area contributed by atoms with E-state index in [0.717, 1.165) is 36.2 Å². The molecule has 0 fully saturated rings. The fourth-order valence-corrected chi connectivity index (χ4v) is 1.81. The zero-order valence-corrected chi connectivity index (χ0v) is 10.2. The van der Waals surface area contributed by atoms with E-state index in [1.54, 1.807) is 12.1 Å². The molecule has 0 aliphatic rings. The third-order valence-electron chi connectivity index (χ3n) is 2.79. The number of aromatic amines is 1. The van der Waals surface area contributed by atoms with E-state index in [4.69, 9.17) is 0 Å². The van der Waals surface area contributed by atoms with Gasteiger partial charge in [0.15, 0.2) is 0 Å². The Bertz CT molecular complexity index is 494. The minimum Gasteiger partial charge on any atom is -0.508 e. The maximum Gasteiger partial charge on any atom is 0.116 e. The first kappa shape index (κ1) is 11.9. The van der Waals surface area contributed by atoms with E-state index < -0.39 is 0 Å². The molecule has 0 atom stereocenters. The minimum atomic E-state index is 0.276. The van der Waals surface area contributed by atoms with Gasteiger partial charge in [0, 0.05) is 25.0 Å². The summed E-state index contributed by atoms with van der Waals surface area (Å²) in [5, 5.41) is 20.8. The van der Waals surface area contributed by atoms with Gasteiger partial charge in [-0.25, -0.2) is 0 Å². The quantitative estimate of drug-likeness (QED) is 0.720. The highest BCUT2D eigenvalue weighted by molar-refractivity contribution is 5.82. The van der Waals surface area contributed by atoms with Crippen LogP contribution in [0, 0.1) is 0 Å². The summed E-state index contributed by atoms with van der Waals surface area (Å²) in [7, 11) is 4.00. The summed E-state index contributed by atoms with van der Waals surface area (Å²) in [5.74, 6) is 0.276. The third kappa shape index (κ3) is 2.75. The summed E-state index contributed by atoms with van der Waals surface area (Å²) >= 11 is 0. The van der Waals surface area contributed by atoms with Crippen LogP contribution in [0.15, 0.2) is 18.2 Å². The van der Waals surface area contributed by atoms with Crippen molar-refractivity contribution in [3.8, 4) is 5.75 Å². The molecule has 5 nitrogen and oxygen atoms in total. The number of H-pyrrole nitrogens is 1. The van der Waals surface area contributed by atoms with Crippen molar-refractivity contribution < 1.29 is 5.11 Å². The van der Waals surface area contributed by atoms with Crippen molar-refractivity contribution in [1.82, 2.24) is 20.4 Å². The third-order valence-corrected chi connectivity index (χ3v) is 2.79. The molecular formula is C12H18N4O. The molecule has 17 heavy (non-hydrogen) atoms. The van der Waals surface area contributed by atoms with Gasteiger partial charge in [0.1, 0.15) is 5.75 Å². The van der Waals surface area contributed by atoms with Crippen LogP contribution in [-0.4, -0.2) is 47.4 Å². The molecule has 0 unspecified atom stereocenters. The van der Waals surface area contributed by atoms with E-state index in [1.807, 2.05) is 13.1 Å². The van der Waals surface area contributed by atoms with Gasteiger partial charge in [0.25, 0.3) is 0 Å². The number of benzene rings is 1. The van der Waals surface area contributed by atoms with Gasteiger partial charge in [-0.2, -0.15) is 5.10 Å². The predicted octanol–water partition coefficient (Wildman–Crippen LogP) is 0.920. The van der Waals surface area contributed by atoms with Crippen molar-refractivity contribution >= 4 is 10.9 Å². The maximum absolute atomic E-state index is 9.48. The van der Waals surface area contributed by atoms with Gasteiger partial charge < -0.3 is 10.4 Å². The minimum absolute atomic E-state index is 0.276. The molecule has 1 heterocycles. The van der Waals surface area contributed by atoms with Gasteiger partial charge in [-0.3, -0.25) is 10.00 Å². The number of rotatable bonds is 5. The molecule has 3 N–H and O–H groups in total. The number of phenolic OH excluding ortho intramolecular Hbond substituents is 1. The standard InChI is InChI=1S/C12H18N4O/c1-13-5-6-16(2)8-12-10-7-9(17)3-4-11(10)14-15-12/h3-4,7,13,17H,5-6,8H2,1-2H3,(H,14,15). The van der Waals surface area contributed by atoms with Crippen molar-refractivity contribution in [2.75, 3.05) is 27.2 Å². The normalized spacial score (nSPS) is 11.5. The van der Waals surface area contributed by atoms with Crippen molar-refractivity contribution in [2.24, 2.45) is 0 Å². The van der Waals surface area contributed by atoms with Crippen LogP contribution >= 0.6 is 0 Å². The Morgan fingerprint density at radius 3 is 3.06 bits per heavy atom. The number of phenols is 1. The van der Waals surface area contributed by atoms with Gasteiger partial charge >= 0.3 is 0 Å². The Kier molecular flexibility index (Phi) is 3.61. The molecule has 0 saturated heterocycles. The Hall–Kier alpha value is -1.59. The zero-order chi connectivity index (χ0) is 12.3. The molecule has 0 saturated carbocycles. The molecule has 0 aliphatic heterocycles. The van der Waals surface area contributed by atoms with Gasteiger partial charge in [0.05, 0.1) is 11.2 Å². The van der Waals surface area contributed by atoms with Crippen molar-refractivity contribution in [3.05, 3.63) is 23.9 Å². The summed E-state index contributed by atoms with van der Waals surface area (Å²) in [6.07, 6.45) is 0. The van der Waals surface area contributed by atoms with Crippen LogP contribution in [0.1, 0.15) is 5.69 Å². The van der Waals surface area contributed by atoms with Crippen LogP contribution in [0.4, 0.5) is 0 Å². The van der Waals surface area contributed by atoms with Crippen LogP contribution in [0.2, 0.25) is 0 Å². The summed E-state index contributed by atoms with van der Waals surface area (Å²) in [5.41, 5.74) is 1.93. The molecule has 1 aromatic carbocycles. The zero-order valence-electron chi connectivity index (χ0n) is 10.2. The first-order valence-electron chi connectivity index (χ1n) is 5.70. The summed E-state index contributed by atoms with van der Waals surface area (Å²) < 4.78 is 0. The van der Waals surface area contributed by atoms with Gasteiger partial charge in [0.2, 0.25) is 0 Å². The monoisotopic (exact) mass is 234 g/mol. The van der Waals surface area contributed by atoms with Crippen LogP contribution in [-0.2, 0) is 6.54 Å².